The summed E-state index contributed by atoms with van der Waals surface area (Å²) in [5.41, 5.74) is 3.19. The van der Waals surface area contributed by atoms with Gasteiger partial charge in [0.15, 0.2) is 11.0 Å². The van der Waals surface area contributed by atoms with Crippen molar-refractivity contribution in [3.8, 4) is 27.8 Å². The van der Waals surface area contributed by atoms with E-state index in [1.54, 1.807) is 24.5 Å². The van der Waals surface area contributed by atoms with E-state index in [0.717, 1.165) is 27.5 Å². The number of anilines is 1. The summed E-state index contributed by atoms with van der Waals surface area (Å²) in [4.78, 5) is 27.3. The second-order valence-electron chi connectivity index (χ2n) is 7.54. The molecule has 0 saturated carbocycles. The zero-order valence-electron chi connectivity index (χ0n) is 18.4. The normalized spacial score (nSPS) is 10.7. The van der Waals surface area contributed by atoms with Crippen molar-refractivity contribution in [2.75, 3.05) is 5.32 Å². The monoisotopic (exact) mass is 467 g/mol. The van der Waals surface area contributed by atoms with Crippen LogP contribution in [0.25, 0.3) is 22.0 Å². The summed E-state index contributed by atoms with van der Waals surface area (Å²) in [6, 6.07) is 22.9. The maximum atomic E-state index is 13.0. The number of aromatic nitrogens is 4. The van der Waals surface area contributed by atoms with Crippen molar-refractivity contribution in [1.82, 2.24) is 19.5 Å². The largest absolute Gasteiger partial charge is 0.473 e. The lowest BCUT2D eigenvalue weighted by atomic mass is 10.1. The van der Waals surface area contributed by atoms with Gasteiger partial charge in [-0.25, -0.2) is 15.0 Å². The molecule has 0 aliphatic rings. The van der Waals surface area contributed by atoms with Crippen LogP contribution in [-0.2, 0) is 13.7 Å². The molecule has 0 aliphatic heterocycles. The zero-order valence-corrected chi connectivity index (χ0v) is 19.2. The second-order valence-corrected chi connectivity index (χ2v) is 8.53. The third-order valence-corrected chi connectivity index (χ3v) is 6.11. The van der Waals surface area contributed by atoms with Crippen molar-refractivity contribution in [2.24, 2.45) is 7.05 Å². The molecular weight excluding hydrogens is 446 g/mol. The van der Waals surface area contributed by atoms with Crippen LogP contribution < -0.4 is 10.1 Å². The molecule has 168 valence electrons. The summed E-state index contributed by atoms with van der Waals surface area (Å²) in [6.07, 6.45) is 5.19. The fourth-order valence-electron chi connectivity index (χ4n) is 3.43. The molecule has 2 aromatic carbocycles. The minimum absolute atomic E-state index is 0.285. The Morgan fingerprint density at radius 1 is 1.00 bits per heavy atom. The lowest BCUT2D eigenvalue weighted by molar-refractivity contribution is 0.102. The highest BCUT2D eigenvalue weighted by Gasteiger charge is 2.19. The summed E-state index contributed by atoms with van der Waals surface area (Å²) in [5, 5.41) is 3.41. The van der Waals surface area contributed by atoms with Gasteiger partial charge in [-0.3, -0.25) is 10.1 Å². The van der Waals surface area contributed by atoms with Gasteiger partial charge in [0, 0.05) is 42.8 Å². The third-order valence-electron chi connectivity index (χ3n) is 5.15. The first-order valence-corrected chi connectivity index (χ1v) is 11.5. The first-order valence-electron chi connectivity index (χ1n) is 10.7. The molecule has 3 aromatic heterocycles. The van der Waals surface area contributed by atoms with Gasteiger partial charge >= 0.3 is 0 Å². The maximum absolute atomic E-state index is 13.0. The van der Waals surface area contributed by atoms with Crippen LogP contribution in [0.5, 0.6) is 5.88 Å². The zero-order chi connectivity index (χ0) is 23.3. The molecule has 8 heteroatoms. The van der Waals surface area contributed by atoms with E-state index in [9.17, 15) is 4.79 Å². The molecule has 0 spiro atoms. The first-order chi connectivity index (χ1) is 16.7. The molecule has 0 atom stereocenters. The number of rotatable bonds is 7. The first kappa shape index (κ1) is 21.5. The predicted molar refractivity (Wildman–Crippen MR) is 133 cm³/mol. The van der Waals surface area contributed by atoms with E-state index in [2.05, 4.69) is 15.3 Å². The van der Waals surface area contributed by atoms with E-state index >= 15 is 0 Å². The number of pyridine rings is 1. The van der Waals surface area contributed by atoms with Gasteiger partial charge in [-0.1, -0.05) is 72.0 Å². The Kier molecular flexibility index (Phi) is 6.13. The van der Waals surface area contributed by atoms with E-state index in [1.165, 1.54) is 11.3 Å². The lowest BCUT2D eigenvalue weighted by Gasteiger charge is -2.07. The molecule has 34 heavy (non-hydrogen) atoms. The summed E-state index contributed by atoms with van der Waals surface area (Å²) in [6.45, 7) is 0.374. The van der Waals surface area contributed by atoms with Crippen LogP contribution in [0.1, 0.15) is 15.9 Å². The Morgan fingerprint density at radius 2 is 1.76 bits per heavy atom. The quantitative estimate of drug-likeness (QED) is 0.345. The number of nitrogens with zero attached hydrogens (tertiary/aromatic N) is 4. The highest BCUT2D eigenvalue weighted by molar-refractivity contribution is 7.19. The van der Waals surface area contributed by atoms with Crippen LogP contribution in [-0.4, -0.2) is 25.4 Å². The number of thiazole rings is 1. The van der Waals surface area contributed by atoms with Gasteiger partial charge in [0.25, 0.3) is 5.91 Å². The van der Waals surface area contributed by atoms with E-state index in [4.69, 9.17) is 9.72 Å². The number of carbonyl (C=O) groups excluding carboxylic acids is 1. The Balaban J connectivity index is 1.38. The van der Waals surface area contributed by atoms with Crippen molar-refractivity contribution in [3.63, 3.8) is 0 Å². The fourth-order valence-corrected chi connectivity index (χ4v) is 4.45. The second kappa shape index (κ2) is 9.68. The molecule has 3 heterocycles. The van der Waals surface area contributed by atoms with Crippen LogP contribution in [0.3, 0.4) is 0 Å². The Labute approximate surface area is 200 Å². The van der Waals surface area contributed by atoms with E-state index in [-0.39, 0.29) is 5.91 Å². The number of amides is 1. The lowest BCUT2D eigenvalue weighted by Crippen LogP contribution is -2.12. The molecule has 1 amide bonds. The highest BCUT2D eigenvalue weighted by Crippen LogP contribution is 2.38. The summed E-state index contributed by atoms with van der Waals surface area (Å²) in [7, 11) is 1.93. The molecule has 0 unspecified atom stereocenters. The van der Waals surface area contributed by atoms with Crippen LogP contribution in [0.2, 0.25) is 0 Å². The molecule has 0 bridgehead atoms. The van der Waals surface area contributed by atoms with Gasteiger partial charge < -0.3 is 9.30 Å². The van der Waals surface area contributed by atoms with Crippen LogP contribution in [0.4, 0.5) is 5.13 Å². The van der Waals surface area contributed by atoms with Gasteiger partial charge in [0.1, 0.15) is 6.61 Å². The number of hydrogen-bond acceptors (Lipinski definition) is 6. The van der Waals surface area contributed by atoms with Crippen molar-refractivity contribution in [2.45, 2.75) is 6.61 Å². The highest BCUT2D eigenvalue weighted by atomic mass is 32.1. The minimum atomic E-state index is -0.285. The SMILES string of the molecule is Cn1ccnc1-c1sc(NC(=O)c2ccnc(OCc3ccccc3)c2)nc1-c1ccccc1. The minimum Gasteiger partial charge on any atom is -0.473 e. The Bertz CT molecular complexity index is 1410. The number of ether oxygens (including phenoxy) is 1. The van der Waals surface area contributed by atoms with Gasteiger partial charge in [0.2, 0.25) is 5.88 Å². The van der Waals surface area contributed by atoms with E-state index in [0.29, 0.717) is 23.2 Å². The maximum Gasteiger partial charge on any atom is 0.257 e. The predicted octanol–water partition coefficient (Wildman–Crippen LogP) is 5.44. The number of hydrogen-bond donors (Lipinski definition) is 1. The molecule has 1 N–H and O–H groups in total. The number of aryl methyl sites for hydroxylation is 1. The van der Waals surface area contributed by atoms with Crippen LogP contribution in [0.15, 0.2) is 91.4 Å². The van der Waals surface area contributed by atoms with E-state index < -0.39 is 0 Å². The third kappa shape index (κ3) is 4.72. The topological polar surface area (TPSA) is 81.9 Å². The number of benzene rings is 2. The summed E-state index contributed by atoms with van der Waals surface area (Å²) in [5.74, 6) is 0.887. The summed E-state index contributed by atoms with van der Waals surface area (Å²) >= 11 is 1.39. The molecule has 0 saturated heterocycles. The summed E-state index contributed by atoms with van der Waals surface area (Å²) < 4.78 is 7.70. The number of carbonyl (C=O) groups is 1. The van der Waals surface area contributed by atoms with Crippen molar-refractivity contribution < 1.29 is 9.53 Å². The standard InChI is InChI=1S/C26H21N5O2S/c1-31-15-14-28-24(31)23-22(19-10-6-3-7-11-19)29-26(34-23)30-25(32)20-12-13-27-21(16-20)33-17-18-8-4-2-5-9-18/h2-16H,17H2,1H3,(H,29,30,32). The average Bonchev–Trinajstić information content (AvgIpc) is 3.49. The van der Waals surface area contributed by atoms with Gasteiger partial charge in [0.05, 0.1) is 10.6 Å². The van der Waals surface area contributed by atoms with Crippen LogP contribution >= 0.6 is 11.3 Å². The molecule has 0 radical (unpaired) electrons. The van der Waals surface area contributed by atoms with Crippen molar-refractivity contribution in [1.29, 1.82) is 0 Å². The molecule has 0 aliphatic carbocycles. The molecule has 5 aromatic rings. The van der Waals surface area contributed by atoms with Crippen molar-refractivity contribution in [3.05, 3.63) is 103 Å². The van der Waals surface area contributed by atoms with Crippen molar-refractivity contribution >= 4 is 22.4 Å². The Hall–Kier alpha value is -4.30. The Morgan fingerprint density at radius 3 is 2.50 bits per heavy atom. The number of imidazole rings is 1. The fraction of sp³-hybridized carbons (Fsp3) is 0.0769. The van der Waals surface area contributed by atoms with Gasteiger partial charge in [-0.2, -0.15) is 0 Å². The molecule has 7 nitrogen and oxygen atoms in total. The number of nitrogens with one attached hydrogen (secondary N) is 1. The van der Waals surface area contributed by atoms with Gasteiger partial charge in [-0.15, -0.1) is 0 Å². The van der Waals surface area contributed by atoms with Crippen LogP contribution in [0, 0.1) is 0 Å². The smallest absolute Gasteiger partial charge is 0.257 e. The average molecular weight is 468 g/mol. The molecule has 0 fully saturated rings. The molecular formula is C26H21N5O2S. The van der Waals surface area contributed by atoms with E-state index in [1.807, 2.05) is 78.5 Å². The molecule has 5 rings (SSSR count). The van der Waals surface area contributed by atoms with Gasteiger partial charge in [-0.05, 0) is 11.6 Å².